The van der Waals surface area contributed by atoms with E-state index in [1.807, 2.05) is 0 Å². The number of aromatic hydroxyl groups is 1. The van der Waals surface area contributed by atoms with Gasteiger partial charge in [-0.2, -0.15) is 0 Å². The van der Waals surface area contributed by atoms with Crippen molar-refractivity contribution in [3.05, 3.63) is 47.5 Å². The Kier molecular flexibility index (Phi) is 7.51. The smallest absolute Gasteiger partial charge is 0.233 e. The van der Waals surface area contributed by atoms with Crippen LogP contribution in [0.3, 0.4) is 0 Å². The number of methoxy groups -OCH3 is 2. The lowest BCUT2D eigenvalue weighted by Crippen LogP contribution is -2.60. The maximum absolute atomic E-state index is 12.7. The Morgan fingerprint density at radius 2 is 1.42 bits per heavy atom. The molecule has 5 atom stereocenters. The summed E-state index contributed by atoms with van der Waals surface area (Å²) in [5.74, 6) is -1.82. The maximum atomic E-state index is 12.7. The second-order valence-electron chi connectivity index (χ2n) is 7.23. The molecule has 0 bridgehead atoms. The number of phenols is 1. The van der Waals surface area contributed by atoms with Crippen LogP contribution in [0, 0.1) is 0 Å². The summed E-state index contributed by atoms with van der Waals surface area (Å²) in [6.45, 7) is -0.625. The number of benzene rings is 2. The van der Waals surface area contributed by atoms with Crippen LogP contribution < -0.4 is 14.2 Å². The van der Waals surface area contributed by atoms with Crippen molar-refractivity contribution in [1.29, 1.82) is 0 Å². The molecule has 1 heterocycles. The van der Waals surface area contributed by atoms with E-state index >= 15 is 0 Å². The van der Waals surface area contributed by atoms with Crippen LogP contribution in [0.25, 0.3) is 0 Å². The number of ether oxygens (including phenoxy) is 4. The van der Waals surface area contributed by atoms with Crippen LogP contribution in [-0.2, 0) is 4.74 Å². The van der Waals surface area contributed by atoms with Crippen molar-refractivity contribution < 1.29 is 54.1 Å². The van der Waals surface area contributed by atoms with Crippen molar-refractivity contribution in [2.45, 2.75) is 30.7 Å². The molecule has 11 nitrogen and oxygen atoms in total. The van der Waals surface area contributed by atoms with Gasteiger partial charge in [0.1, 0.15) is 24.4 Å². The number of hydrogen-bond acceptors (Lipinski definition) is 11. The van der Waals surface area contributed by atoms with Crippen LogP contribution in [-0.4, -0.2) is 88.6 Å². The average Bonchev–Trinajstić information content (AvgIpc) is 2.83. The van der Waals surface area contributed by atoms with Gasteiger partial charge in [0.05, 0.1) is 20.8 Å². The minimum Gasteiger partial charge on any atom is -0.504 e. The molecular weight excluding hydrogens is 440 g/mol. The van der Waals surface area contributed by atoms with Crippen LogP contribution in [0.5, 0.6) is 23.0 Å². The molecule has 2 aromatic carbocycles. The van der Waals surface area contributed by atoms with Gasteiger partial charge < -0.3 is 44.5 Å². The minimum absolute atomic E-state index is 0.00950. The van der Waals surface area contributed by atoms with E-state index in [-0.39, 0.29) is 34.1 Å². The number of carbonyl (C=O) groups is 2. The van der Waals surface area contributed by atoms with E-state index in [4.69, 9.17) is 18.9 Å². The Hall–Kier alpha value is -3.22. The van der Waals surface area contributed by atoms with Crippen LogP contribution in [0.15, 0.2) is 36.4 Å². The van der Waals surface area contributed by atoms with Gasteiger partial charge in [0.2, 0.25) is 17.9 Å². The Morgan fingerprint density at radius 3 is 2.00 bits per heavy atom. The molecule has 2 aromatic rings. The first-order chi connectivity index (χ1) is 15.7. The molecule has 3 rings (SSSR count). The highest BCUT2D eigenvalue weighted by Gasteiger charge is 2.45. The molecule has 1 aliphatic heterocycles. The molecule has 0 radical (unpaired) electrons. The molecule has 0 unspecified atom stereocenters. The molecule has 5 N–H and O–H groups in total. The summed E-state index contributed by atoms with van der Waals surface area (Å²) in [5.41, 5.74) is -0.0136. The molecule has 0 amide bonds. The third-order valence-corrected chi connectivity index (χ3v) is 5.17. The second-order valence-corrected chi connectivity index (χ2v) is 7.23. The molecular formula is C22H24O11. The van der Waals surface area contributed by atoms with Gasteiger partial charge in [0, 0.05) is 11.1 Å². The summed E-state index contributed by atoms with van der Waals surface area (Å²) in [7, 11) is 2.60. The second kappa shape index (κ2) is 10.1. The summed E-state index contributed by atoms with van der Waals surface area (Å²) in [6, 6.07) is 7.60. The van der Waals surface area contributed by atoms with E-state index in [9.17, 15) is 35.1 Å². The minimum atomic E-state index is -1.64. The van der Waals surface area contributed by atoms with E-state index in [0.29, 0.717) is 0 Å². The van der Waals surface area contributed by atoms with Crippen LogP contribution >= 0.6 is 0 Å². The van der Waals surface area contributed by atoms with Crippen molar-refractivity contribution in [3.8, 4) is 23.0 Å². The van der Waals surface area contributed by atoms with Crippen LogP contribution in [0.1, 0.15) is 20.7 Å². The van der Waals surface area contributed by atoms with Gasteiger partial charge in [-0.15, -0.1) is 0 Å². The van der Waals surface area contributed by atoms with Crippen molar-refractivity contribution in [2.75, 3.05) is 20.8 Å². The van der Waals surface area contributed by atoms with E-state index in [0.717, 1.165) is 0 Å². The first-order valence-corrected chi connectivity index (χ1v) is 9.83. The number of hydrogen-bond donors (Lipinski definition) is 5. The van der Waals surface area contributed by atoms with Crippen LogP contribution in [0.2, 0.25) is 0 Å². The molecule has 0 aromatic heterocycles. The normalized spacial score (nSPS) is 24.7. The van der Waals surface area contributed by atoms with E-state index in [2.05, 4.69) is 0 Å². The Labute approximate surface area is 188 Å². The van der Waals surface area contributed by atoms with Gasteiger partial charge in [-0.25, -0.2) is 0 Å². The molecule has 1 aliphatic rings. The lowest BCUT2D eigenvalue weighted by Gasteiger charge is -2.39. The van der Waals surface area contributed by atoms with Gasteiger partial charge >= 0.3 is 0 Å². The van der Waals surface area contributed by atoms with Crippen LogP contribution in [0.4, 0.5) is 0 Å². The summed E-state index contributed by atoms with van der Waals surface area (Å²) >= 11 is 0. The standard InChI is InChI=1S/C22H24O11/c1-30-14-7-10(3-5-12(14)24)17(25)18(26)11-4-6-13(15(8-11)31-2)32-22-21(29)20(28)19(27)16(9-23)33-22/h3-8,16,19-24,27-29H,9H2,1-2H3/t16-,19-,20+,21-,22-/m1/s1. The quantitative estimate of drug-likeness (QED) is 0.255. The SMILES string of the molecule is COc1cc(C(=O)C(=O)c2ccc(O[C@@H]3O[C@H](CO)[C@@H](O)[C@H](O)[C@H]3O)c(OC)c2)ccc1O. The third-order valence-electron chi connectivity index (χ3n) is 5.17. The van der Waals surface area contributed by atoms with Gasteiger partial charge in [0.25, 0.3) is 0 Å². The fourth-order valence-corrected chi connectivity index (χ4v) is 3.28. The predicted molar refractivity (Wildman–Crippen MR) is 111 cm³/mol. The first-order valence-electron chi connectivity index (χ1n) is 9.83. The fraction of sp³-hybridized carbons (Fsp3) is 0.364. The summed E-state index contributed by atoms with van der Waals surface area (Å²) in [5, 5.41) is 48.9. The monoisotopic (exact) mass is 464 g/mol. The van der Waals surface area contributed by atoms with Crippen molar-refractivity contribution in [1.82, 2.24) is 0 Å². The highest BCUT2D eigenvalue weighted by atomic mass is 16.7. The molecule has 0 aliphatic carbocycles. The molecule has 11 heteroatoms. The maximum Gasteiger partial charge on any atom is 0.233 e. The van der Waals surface area contributed by atoms with Gasteiger partial charge in [0.15, 0.2) is 23.0 Å². The number of carbonyl (C=O) groups excluding carboxylic acids is 2. The van der Waals surface area contributed by atoms with E-state index < -0.39 is 48.9 Å². The van der Waals surface area contributed by atoms with E-state index in [1.54, 1.807) is 0 Å². The average molecular weight is 464 g/mol. The van der Waals surface area contributed by atoms with Gasteiger partial charge in [-0.1, -0.05) is 0 Å². The largest absolute Gasteiger partial charge is 0.504 e. The Morgan fingerprint density at radius 1 is 0.848 bits per heavy atom. The Balaban J connectivity index is 1.82. The number of aliphatic hydroxyl groups is 4. The summed E-state index contributed by atoms with van der Waals surface area (Å²) in [6.07, 6.45) is -7.44. The number of aliphatic hydroxyl groups excluding tert-OH is 4. The highest BCUT2D eigenvalue weighted by molar-refractivity contribution is 6.49. The number of ketones is 2. The Bertz CT molecular complexity index is 1020. The lowest BCUT2D eigenvalue weighted by atomic mass is 9.99. The van der Waals surface area contributed by atoms with Crippen molar-refractivity contribution in [3.63, 3.8) is 0 Å². The number of phenolic OH excluding ortho intramolecular Hbond substituents is 1. The topological polar surface area (TPSA) is 172 Å². The van der Waals surface area contributed by atoms with Gasteiger partial charge in [-0.3, -0.25) is 9.59 Å². The fourth-order valence-electron chi connectivity index (χ4n) is 3.28. The van der Waals surface area contributed by atoms with E-state index in [1.165, 1.54) is 50.6 Å². The van der Waals surface area contributed by atoms with Crippen molar-refractivity contribution >= 4 is 11.6 Å². The highest BCUT2D eigenvalue weighted by Crippen LogP contribution is 2.33. The lowest BCUT2D eigenvalue weighted by molar-refractivity contribution is -0.277. The number of Topliss-reactive ketones (excluding diaryl/α,β-unsaturated/α-hetero) is 2. The summed E-state index contributed by atoms with van der Waals surface area (Å²) < 4.78 is 21.0. The molecule has 33 heavy (non-hydrogen) atoms. The van der Waals surface area contributed by atoms with Gasteiger partial charge in [-0.05, 0) is 36.4 Å². The third kappa shape index (κ3) is 4.92. The zero-order chi connectivity index (χ0) is 24.3. The molecule has 0 saturated carbocycles. The zero-order valence-corrected chi connectivity index (χ0v) is 17.7. The number of rotatable bonds is 8. The predicted octanol–water partition coefficient (Wildman–Crippen LogP) is -0.346. The van der Waals surface area contributed by atoms with Crippen molar-refractivity contribution in [2.24, 2.45) is 0 Å². The summed E-state index contributed by atoms with van der Waals surface area (Å²) in [4.78, 5) is 25.3. The zero-order valence-electron chi connectivity index (χ0n) is 17.7. The molecule has 1 saturated heterocycles. The molecule has 0 spiro atoms. The molecule has 1 fully saturated rings. The molecule has 178 valence electrons. The first kappa shape index (κ1) is 24.4.